The molecule has 0 bridgehead atoms. The largest absolute Gasteiger partial charge is 0.256 e. The number of hydrogen-bond donors (Lipinski definition) is 0. The highest BCUT2D eigenvalue weighted by Crippen LogP contribution is 2.41. The summed E-state index contributed by atoms with van der Waals surface area (Å²) in [5, 5.41) is 20.2. The standard InChI is InChI=1S/C43H27N3.C36H24N2.C34H22N4.C26H18N2/c1-4-10-32-23-35(18-13-28(32)7-1)36-19-14-31-17-22-39(27-40(31)26-36)43-45-41(37-20-15-29-8-2-5-11-33(29)24-37)44-42(46-43)38-21-16-30-9-3-6-12-34(30)25-38;1-2-9-25(10-3-1)31-22-35(29-18-17-26-11-4-5-13-28(26)21-29)38-36(23-31)34-20-19-30(24-37-34)33-16-8-14-27-12-6-7-15-32(27)33;1-2-10-26(11-3-1)32-36-33(38-34(37-32)30-17-6-12-23-9-4-5-15-28(23)30)27-20-18-24(19-21-27)29-16-7-13-25-14-8-22-35-31(25)29;1-3-10-20(11-4-1)24-18-25(21-12-5-2-6-13-21)28-26(27-24)23-16-15-19-9-7-8-14-22(19)17-23/h1-27H;1-24H;1-22H;1-18H. The number of nitrogens with zero attached hydrogens (tertiary/aromatic N) is 11. The van der Waals surface area contributed by atoms with Crippen molar-refractivity contribution in [2.24, 2.45) is 0 Å². The quantitative estimate of drug-likeness (QED) is 0.0968. The van der Waals surface area contributed by atoms with Crippen LogP contribution in [0.25, 0.3) is 266 Å². The molecule has 0 saturated carbocycles. The number of benzene rings is 22. The summed E-state index contributed by atoms with van der Waals surface area (Å²) in [6, 6.07) is 187. The Balaban J connectivity index is 0.000000105. The summed E-state index contributed by atoms with van der Waals surface area (Å²) in [4.78, 5) is 54.3. The molecule has 0 radical (unpaired) electrons. The molecule has 0 atom stereocenters. The number of hydrogen-bond acceptors (Lipinski definition) is 11. The van der Waals surface area contributed by atoms with Crippen LogP contribution in [0, 0.1) is 0 Å². The van der Waals surface area contributed by atoms with Crippen LogP contribution in [0.5, 0.6) is 0 Å². The van der Waals surface area contributed by atoms with Crippen molar-refractivity contribution in [1.82, 2.24) is 54.8 Å². The molecule has 150 heavy (non-hydrogen) atoms. The Labute approximate surface area is 867 Å². The molecule has 28 aromatic rings. The molecule has 0 amide bonds. The summed E-state index contributed by atoms with van der Waals surface area (Å²) >= 11 is 0. The van der Waals surface area contributed by atoms with Gasteiger partial charge in [-0.15, -0.1) is 0 Å². The third-order valence-corrected chi connectivity index (χ3v) is 27.6. The van der Waals surface area contributed by atoms with Crippen LogP contribution in [0.15, 0.2) is 552 Å². The molecule has 0 aliphatic rings. The normalized spacial score (nSPS) is 11.2. The van der Waals surface area contributed by atoms with Crippen LogP contribution in [-0.4, -0.2) is 54.8 Å². The number of para-hydroxylation sites is 1. The maximum absolute atomic E-state index is 5.10. The van der Waals surface area contributed by atoms with Crippen molar-refractivity contribution >= 4 is 97.1 Å². The molecule has 11 nitrogen and oxygen atoms in total. The highest BCUT2D eigenvalue weighted by Gasteiger charge is 2.21. The zero-order valence-electron chi connectivity index (χ0n) is 81.5. The van der Waals surface area contributed by atoms with E-state index in [1.165, 1.54) is 75.9 Å². The van der Waals surface area contributed by atoms with Gasteiger partial charge in [0.2, 0.25) is 0 Å². The minimum absolute atomic E-state index is 0.643. The van der Waals surface area contributed by atoms with Crippen LogP contribution in [0.4, 0.5) is 0 Å². The van der Waals surface area contributed by atoms with E-state index in [1.54, 1.807) is 0 Å². The molecular formula is C139H91N11. The van der Waals surface area contributed by atoms with E-state index in [4.69, 9.17) is 49.8 Å². The Kier molecular flexibility index (Phi) is 25.0. The van der Waals surface area contributed by atoms with Gasteiger partial charge in [0, 0.05) is 84.5 Å². The van der Waals surface area contributed by atoms with Gasteiger partial charge in [0.1, 0.15) is 0 Å². The van der Waals surface area contributed by atoms with Crippen molar-refractivity contribution < 1.29 is 0 Å². The van der Waals surface area contributed by atoms with Gasteiger partial charge in [-0.05, 0) is 192 Å². The van der Waals surface area contributed by atoms with Crippen molar-refractivity contribution in [3.63, 3.8) is 0 Å². The fourth-order valence-corrected chi connectivity index (χ4v) is 19.8. The van der Waals surface area contributed by atoms with Gasteiger partial charge in [0.15, 0.2) is 40.8 Å². The fraction of sp³-hybridized carbons (Fsp3) is 0. The van der Waals surface area contributed by atoms with E-state index in [0.717, 1.165) is 156 Å². The van der Waals surface area contributed by atoms with Crippen molar-refractivity contribution in [2.45, 2.75) is 0 Å². The number of pyridine rings is 3. The summed E-state index contributed by atoms with van der Waals surface area (Å²) in [5.41, 5.74) is 24.7. The first-order valence-corrected chi connectivity index (χ1v) is 50.3. The number of rotatable bonds is 15. The molecule has 0 unspecified atom stereocenters. The van der Waals surface area contributed by atoms with Crippen LogP contribution < -0.4 is 0 Å². The maximum Gasteiger partial charge on any atom is 0.164 e. The van der Waals surface area contributed by atoms with E-state index in [-0.39, 0.29) is 0 Å². The summed E-state index contributed by atoms with van der Waals surface area (Å²) in [7, 11) is 0. The highest BCUT2D eigenvalue weighted by molar-refractivity contribution is 6.01. The lowest BCUT2D eigenvalue weighted by molar-refractivity contribution is 1.08. The lowest BCUT2D eigenvalue weighted by Gasteiger charge is -2.11. The van der Waals surface area contributed by atoms with Crippen molar-refractivity contribution in [3.05, 3.63) is 552 Å². The first-order chi connectivity index (χ1) is 74.2. The van der Waals surface area contributed by atoms with E-state index >= 15 is 0 Å². The second-order valence-corrected chi connectivity index (χ2v) is 37.2. The summed E-state index contributed by atoms with van der Waals surface area (Å²) in [6.45, 7) is 0. The first-order valence-electron chi connectivity index (χ1n) is 50.3. The Hall–Kier alpha value is -20.3. The van der Waals surface area contributed by atoms with Gasteiger partial charge < -0.3 is 0 Å². The predicted molar refractivity (Wildman–Crippen MR) is 621 cm³/mol. The molecule has 22 aromatic carbocycles. The summed E-state index contributed by atoms with van der Waals surface area (Å²) in [5.74, 6) is 4.66. The highest BCUT2D eigenvalue weighted by atomic mass is 15.0. The second kappa shape index (κ2) is 41.2. The molecule has 6 heterocycles. The molecule has 28 rings (SSSR count). The monoisotopic (exact) mass is 1910 g/mol. The van der Waals surface area contributed by atoms with E-state index < -0.39 is 0 Å². The molecule has 0 fully saturated rings. The topological polar surface area (TPSA) is 142 Å². The van der Waals surface area contributed by atoms with Crippen molar-refractivity contribution in [3.8, 4) is 169 Å². The lowest BCUT2D eigenvalue weighted by atomic mass is 9.98. The van der Waals surface area contributed by atoms with Crippen LogP contribution in [-0.2, 0) is 0 Å². The fourth-order valence-electron chi connectivity index (χ4n) is 19.8. The summed E-state index contributed by atoms with van der Waals surface area (Å²) < 4.78 is 0. The number of aromatic nitrogens is 11. The molecular weight excluding hydrogens is 1820 g/mol. The van der Waals surface area contributed by atoms with Gasteiger partial charge in [-0.1, -0.05) is 467 Å². The average molecular weight is 1920 g/mol. The van der Waals surface area contributed by atoms with Gasteiger partial charge in [0.25, 0.3) is 0 Å². The van der Waals surface area contributed by atoms with Crippen molar-refractivity contribution in [2.75, 3.05) is 0 Å². The van der Waals surface area contributed by atoms with Gasteiger partial charge in [0.05, 0.1) is 34.0 Å². The molecule has 0 aliphatic carbocycles. The van der Waals surface area contributed by atoms with E-state index in [0.29, 0.717) is 34.9 Å². The molecule has 6 aromatic heterocycles. The SMILES string of the molecule is c1ccc(-c2cc(-c3ccc4ccccc4c3)nc(-c3ccc(-c4cccc5ccccc45)cn3)c2)cc1.c1ccc(-c2cc(-c3ccccc3)nc(-c3ccc4ccccc4c3)n2)cc1.c1ccc(-c2nc(-c3ccc(-c4cccc5cccnc45)cc3)nc(-c3cccc4ccccc34)n2)cc1.c1ccc2cc(-c3ccc4ccc(-c5nc(-c6ccc7ccccc7c6)nc(-c6ccc7ccccc7c6)n5)cc4c3)ccc2c1. The smallest absolute Gasteiger partial charge is 0.164 e. The van der Waals surface area contributed by atoms with Crippen LogP contribution in [0.2, 0.25) is 0 Å². The molecule has 0 aliphatic heterocycles. The van der Waals surface area contributed by atoms with E-state index in [9.17, 15) is 0 Å². The van der Waals surface area contributed by atoms with Crippen molar-refractivity contribution in [1.29, 1.82) is 0 Å². The van der Waals surface area contributed by atoms with Crippen LogP contribution in [0.1, 0.15) is 0 Å². The van der Waals surface area contributed by atoms with Crippen LogP contribution >= 0.6 is 0 Å². The minimum Gasteiger partial charge on any atom is -0.256 e. The van der Waals surface area contributed by atoms with E-state index in [1.807, 2.05) is 103 Å². The molecule has 702 valence electrons. The number of fused-ring (bicyclic) bond motifs is 9. The third kappa shape index (κ3) is 19.5. The van der Waals surface area contributed by atoms with Gasteiger partial charge in [-0.25, -0.2) is 44.9 Å². The van der Waals surface area contributed by atoms with E-state index in [2.05, 4.69) is 454 Å². The molecule has 0 N–H and O–H groups in total. The summed E-state index contributed by atoms with van der Waals surface area (Å²) in [6.07, 6.45) is 3.80. The van der Waals surface area contributed by atoms with Gasteiger partial charge in [-0.2, -0.15) is 0 Å². The zero-order chi connectivity index (χ0) is 99.8. The predicted octanol–water partition coefficient (Wildman–Crippen LogP) is 35.5. The molecule has 11 heteroatoms. The first kappa shape index (κ1) is 91.0. The lowest BCUT2D eigenvalue weighted by Crippen LogP contribution is -2.00. The molecule has 0 saturated heterocycles. The van der Waals surface area contributed by atoms with Gasteiger partial charge >= 0.3 is 0 Å². The minimum atomic E-state index is 0.643. The zero-order valence-corrected chi connectivity index (χ0v) is 81.5. The third-order valence-electron chi connectivity index (χ3n) is 27.6. The molecule has 0 spiro atoms. The average Bonchev–Trinajstić information content (AvgIpc) is 0.772. The van der Waals surface area contributed by atoms with Crippen LogP contribution in [0.3, 0.4) is 0 Å². The Morgan fingerprint density at radius 1 is 0.113 bits per heavy atom. The maximum atomic E-state index is 5.10. The second-order valence-electron chi connectivity index (χ2n) is 37.2. The van der Waals surface area contributed by atoms with Gasteiger partial charge in [-0.3, -0.25) is 9.97 Å². The Morgan fingerprint density at radius 2 is 0.413 bits per heavy atom. The Bertz CT molecular complexity index is 9730. The Morgan fingerprint density at radius 3 is 0.887 bits per heavy atom.